The van der Waals surface area contributed by atoms with Gasteiger partial charge in [0.2, 0.25) is 5.79 Å². The van der Waals surface area contributed by atoms with Gasteiger partial charge >= 0.3 is 0 Å². The van der Waals surface area contributed by atoms with Gasteiger partial charge in [0, 0.05) is 41.9 Å². The summed E-state index contributed by atoms with van der Waals surface area (Å²) in [6, 6.07) is 14.1. The fraction of sp³-hybridized carbons (Fsp3) is 0.462. The summed E-state index contributed by atoms with van der Waals surface area (Å²) in [6.45, 7) is 1.41. The SMILES string of the molecule is C1CCOC1.CO[C@@]1(c2ccc(F)c(Cc3cc4ccccc4s3)c2)O[C@H](CO)[C@@H](O)[C@H](O)[C@H]1O. The summed E-state index contributed by atoms with van der Waals surface area (Å²) in [6.07, 6.45) is -3.06. The van der Waals surface area contributed by atoms with Gasteiger partial charge in [-0.3, -0.25) is 0 Å². The molecule has 4 N–H and O–H groups in total. The average molecular weight is 507 g/mol. The van der Waals surface area contributed by atoms with Gasteiger partial charge in [0.25, 0.3) is 0 Å². The summed E-state index contributed by atoms with van der Waals surface area (Å²) in [4.78, 5) is 0.965. The largest absolute Gasteiger partial charge is 0.394 e. The number of halogens is 1. The zero-order valence-corrected chi connectivity index (χ0v) is 20.3. The Morgan fingerprint density at radius 1 is 1.06 bits per heavy atom. The first kappa shape index (κ1) is 26.1. The molecule has 0 aliphatic carbocycles. The van der Waals surface area contributed by atoms with Crippen molar-refractivity contribution in [1.82, 2.24) is 0 Å². The van der Waals surface area contributed by atoms with Gasteiger partial charge in [-0.15, -0.1) is 11.3 Å². The third-order valence-electron chi connectivity index (χ3n) is 6.37. The van der Waals surface area contributed by atoms with E-state index in [1.165, 1.54) is 38.2 Å². The van der Waals surface area contributed by atoms with Crippen LogP contribution in [0.2, 0.25) is 0 Å². The lowest BCUT2D eigenvalue weighted by atomic mass is 9.87. The van der Waals surface area contributed by atoms with Crippen LogP contribution >= 0.6 is 11.3 Å². The highest BCUT2D eigenvalue weighted by Gasteiger charge is 2.55. The first-order valence-electron chi connectivity index (χ1n) is 11.6. The second-order valence-corrected chi connectivity index (χ2v) is 9.86. The molecule has 0 unspecified atom stereocenters. The Morgan fingerprint density at radius 2 is 1.80 bits per heavy atom. The third-order valence-corrected chi connectivity index (χ3v) is 7.49. The van der Waals surface area contributed by atoms with E-state index in [1.54, 1.807) is 11.3 Å². The third kappa shape index (κ3) is 5.42. The van der Waals surface area contributed by atoms with E-state index in [0.717, 1.165) is 28.2 Å². The lowest BCUT2D eigenvalue weighted by molar-refractivity contribution is -0.366. The molecule has 2 saturated heterocycles. The summed E-state index contributed by atoms with van der Waals surface area (Å²) in [7, 11) is 1.27. The number of hydrogen-bond acceptors (Lipinski definition) is 8. The highest BCUT2D eigenvalue weighted by atomic mass is 32.1. The number of thiophene rings is 1. The average Bonchev–Trinajstić information content (AvgIpc) is 3.58. The number of aliphatic hydroxyl groups is 4. The molecule has 3 aromatic rings. The molecule has 0 saturated carbocycles. The van der Waals surface area contributed by atoms with Crippen molar-refractivity contribution in [3.63, 3.8) is 0 Å². The molecule has 0 radical (unpaired) electrons. The van der Waals surface area contributed by atoms with Crippen LogP contribution < -0.4 is 0 Å². The highest BCUT2D eigenvalue weighted by molar-refractivity contribution is 7.19. The molecule has 190 valence electrons. The Labute approximate surface area is 207 Å². The van der Waals surface area contributed by atoms with Gasteiger partial charge in [-0.05, 0) is 48.1 Å². The lowest BCUT2D eigenvalue weighted by Crippen LogP contribution is -2.64. The van der Waals surface area contributed by atoms with Crippen molar-refractivity contribution in [2.75, 3.05) is 26.9 Å². The number of benzene rings is 2. The van der Waals surface area contributed by atoms with E-state index in [0.29, 0.717) is 12.0 Å². The van der Waals surface area contributed by atoms with Gasteiger partial charge in [0.15, 0.2) is 0 Å². The van der Waals surface area contributed by atoms with Crippen molar-refractivity contribution in [3.8, 4) is 0 Å². The molecule has 2 fully saturated rings. The molecule has 1 aromatic heterocycles. The van der Waals surface area contributed by atoms with Gasteiger partial charge in [-0.25, -0.2) is 4.39 Å². The van der Waals surface area contributed by atoms with Gasteiger partial charge in [0.1, 0.15) is 30.2 Å². The topological polar surface area (TPSA) is 109 Å². The summed E-state index contributed by atoms with van der Waals surface area (Å²) in [5.41, 5.74) is 0.645. The molecule has 0 bridgehead atoms. The molecule has 0 amide bonds. The summed E-state index contributed by atoms with van der Waals surface area (Å²) >= 11 is 1.57. The molecule has 2 aromatic carbocycles. The normalized spacial score (nSPS) is 28.6. The van der Waals surface area contributed by atoms with Crippen LogP contribution in [-0.4, -0.2) is 71.8 Å². The zero-order valence-electron chi connectivity index (χ0n) is 19.5. The second kappa shape index (κ2) is 11.4. The van der Waals surface area contributed by atoms with Crippen LogP contribution in [0, 0.1) is 5.82 Å². The van der Waals surface area contributed by atoms with Crippen LogP contribution in [-0.2, 0) is 26.4 Å². The van der Waals surface area contributed by atoms with Crippen LogP contribution in [0.4, 0.5) is 4.39 Å². The Morgan fingerprint density at radius 3 is 2.43 bits per heavy atom. The van der Waals surface area contributed by atoms with E-state index in [4.69, 9.17) is 14.2 Å². The Kier molecular flexibility index (Phi) is 8.51. The number of methoxy groups -OCH3 is 1. The molecular weight excluding hydrogens is 475 g/mol. The minimum Gasteiger partial charge on any atom is -0.394 e. The van der Waals surface area contributed by atoms with E-state index in [9.17, 15) is 24.8 Å². The predicted molar refractivity (Wildman–Crippen MR) is 130 cm³/mol. The number of ether oxygens (including phenoxy) is 3. The number of hydrogen-bond donors (Lipinski definition) is 4. The van der Waals surface area contributed by atoms with Crippen LogP contribution in [0.3, 0.4) is 0 Å². The lowest BCUT2D eigenvalue weighted by Gasteiger charge is -2.47. The molecule has 3 heterocycles. The fourth-order valence-corrected chi connectivity index (χ4v) is 5.50. The molecule has 35 heavy (non-hydrogen) atoms. The van der Waals surface area contributed by atoms with E-state index < -0.39 is 42.6 Å². The van der Waals surface area contributed by atoms with Crippen molar-refractivity contribution >= 4 is 21.4 Å². The monoisotopic (exact) mass is 506 g/mol. The first-order chi connectivity index (χ1) is 16.9. The summed E-state index contributed by atoms with van der Waals surface area (Å²) in [5, 5.41) is 41.5. The van der Waals surface area contributed by atoms with Gasteiger partial charge in [0.05, 0.1) is 6.61 Å². The van der Waals surface area contributed by atoms with Gasteiger partial charge < -0.3 is 34.6 Å². The van der Waals surface area contributed by atoms with Crippen molar-refractivity contribution < 1.29 is 39.0 Å². The molecule has 0 spiro atoms. The predicted octanol–water partition coefficient (Wildman–Crippen LogP) is 2.70. The van der Waals surface area contributed by atoms with E-state index in [2.05, 4.69) is 0 Å². The van der Waals surface area contributed by atoms with Crippen molar-refractivity contribution in [1.29, 1.82) is 0 Å². The van der Waals surface area contributed by atoms with Crippen LogP contribution in [0.1, 0.15) is 28.8 Å². The van der Waals surface area contributed by atoms with Crippen LogP contribution in [0.15, 0.2) is 48.5 Å². The minimum absolute atomic E-state index is 0.277. The maximum atomic E-state index is 14.6. The Hall–Kier alpha value is -1.95. The number of fused-ring (bicyclic) bond motifs is 1. The number of aliphatic hydroxyl groups excluding tert-OH is 4. The van der Waals surface area contributed by atoms with Gasteiger partial charge in [-0.1, -0.05) is 24.3 Å². The Balaban J connectivity index is 0.000000514. The molecule has 7 nitrogen and oxygen atoms in total. The van der Waals surface area contributed by atoms with Crippen molar-refractivity contribution in [2.45, 2.75) is 49.5 Å². The van der Waals surface area contributed by atoms with Crippen LogP contribution in [0.5, 0.6) is 0 Å². The number of rotatable bonds is 5. The zero-order chi connectivity index (χ0) is 25.0. The van der Waals surface area contributed by atoms with Crippen molar-refractivity contribution in [2.24, 2.45) is 0 Å². The first-order valence-corrected chi connectivity index (χ1v) is 12.4. The minimum atomic E-state index is -1.87. The molecule has 2 aliphatic rings. The van der Waals surface area contributed by atoms with E-state index in [1.807, 2.05) is 30.3 Å². The van der Waals surface area contributed by atoms with Crippen molar-refractivity contribution in [3.05, 3.63) is 70.4 Å². The summed E-state index contributed by atoms with van der Waals surface area (Å²) < 4.78 is 31.8. The Bertz CT molecular complexity index is 1080. The molecule has 9 heteroatoms. The smallest absolute Gasteiger partial charge is 0.224 e. The maximum Gasteiger partial charge on any atom is 0.224 e. The fourth-order valence-electron chi connectivity index (χ4n) is 4.42. The van der Waals surface area contributed by atoms with Gasteiger partial charge in [-0.2, -0.15) is 0 Å². The van der Waals surface area contributed by atoms with Crippen LogP contribution in [0.25, 0.3) is 10.1 Å². The molecule has 2 aliphatic heterocycles. The second-order valence-electron chi connectivity index (χ2n) is 8.69. The van der Waals surface area contributed by atoms with E-state index in [-0.39, 0.29) is 5.56 Å². The molecule has 5 rings (SSSR count). The molecular formula is C26H31FO7S. The summed E-state index contributed by atoms with van der Waals surface area (Å²) in [5.74, 6) is -2.29. The highest BCUT2D eigenvalue weighted by Crippen LogP contribution is 2.40. The quantitative estimate of drug-likeness (QED) is 0.421. The van der Waals surface area contributed by atoms with E-state index >= 15 is 0 Å². The molecule has 5 atom stereocenters. The maximum absolute atomic E-state index is 14.6. The standard InChI is InChI=1S/C22H23FO6S.C4H8O/c1-28-22(21(27)20(26)19(25)17(11-24)29-22)14-6-7-16(23)13(8-14)10-15-9-12-4-2-3-5-18(12)30-15;1-2-4-5-3-1/h2-9,17,19-21,24-27H,10-11H2,1H3;1-4H2/t17-,19-,20+,21-,22+;/m1./s1.